The largest absolute Gasteiger partial charge is 0.451 e. The highest BCUT2D eigenvalue weighted by atomic mass is 16.5. The highest BCUT2D eigenvalue weighted by Gasteiger charge is 2.19. The zero-order chi connectivity index (χ0) is 19.3. The molecular weight excluding hydrogens is 330 g/mol. The predicted octanol–water partition coefficient (Wildman–Crippen LogP) is 3.43. The third-order valence-corrected chi connectivity index (χ3v) is 3.77. The van der Waals surface area contributed by atoms with Crippen molar-refractivity contribution in [1.82, 2.24) is 14.9 Å². The van der Waals surface area contributed by atoms with Crippen molar-refractivity contribution < 1.29 is 14.3 Å². The summed E-state index contributed by atoms with van der Waals surface area (Å²) in [4.78, 5) is 35.0. The average Bonchev–Trinajstić information content (AvgIpc) is 2.60. The zero-order valence-corrected chi connectivity index (χ0v) is 15.9. The molecule has 6 nitrogen and oxygen atoms in total. The van der Waals surface area contributed by atoms with Gasteiger partial charge in [0.1, 0.15) is 17.5 Å². The molecule has 0 unspecified atom stereocenters. The van der Waals surface area contributed by atoms with Crippen LogP contribution in [-0.4, -0.2) is 40.3 Å². The van der Waals surface area contributed by atoms with Crippen molar-refractivity contribution in [2.24, 2.45) is 5.92 Å². The molecular formula is C20H25N3O3. The fourth-order valence-corrected chi connectivity index (χ4v) is 2.57. The summed E-state index contributed by atoms with van der Waals surface area (Å²) in [6, 6.07) is 10.3. The van der Waals surface area contributed by atoms with Crippen LogP contribution in [0.15, 0.2) is 36.4 Å². The summed E-state index contributed by atoms with van der Waals surface area (Å²) in [7, 11) is 1.72. The third-order valence-electron chi connectivity index (χ3n) is 3.77. The van der Waals surface area contributed by atoms with Gasteiger partial charge in [-0.1, -0.05) is 26.0 Å². The maximum absolute atomic E-state index is 12.4. The number of aryl methyl sites for hydroxylation is 1. The second-order valence-electron chi connectivity index (χ2n) is 6.74. The quantitative estimate of drug-likeness (QED) is 0.742. The summed E-state index contributed by atoms with van der Waals surface area (Å²) >= 11 is 0. The van der Waals surface area contributed by atoms with Crippen molar-refractivity contribution in [3.8, 4) is 0 Å². The van der Waals surface area contributed by atoms with Crippen molar-refractivity contribution in [3.63, 3.8) is 0 Å². The molecule has 0 saturated carbocycles. The summed E-state index contributed by atoms with van der Waals surface area (Å²) in [5.41, 5.74) is 1.85. The van der Waals surface area contributed by atoms with Gasteiger partial charge in [-0.2, -0.15) is 0 Å². The lowest BCUT2D eigenvalue weighted by molar-refractivity contribution is 0.0321. The maximum Gasteiger partial charge on any atom is 0.357 e. The Morgan fingerprint density at radius 1 is 1.04 bits per heavy atom. The Labute approximate surface area is 154 Å². The molecule has 26 heavy (non-hydrogen) atoms. The first-order chi connectivity index (χ1) is 12.3. The van der Waals surface area contributed by atoms with Crippen LogP contribution >= 0.6 is 0 Å². The van der Waals surface area contributed by atoms with E-state index in [1.165, 1.54) is 6.07 Å². The highest BCUT2D eigenvalue weighted by Crippen LogP contribution is 2.17. The first-order valence-corrected chi connectivity index (χ1v) is 8.65. The lowest BCUT2D eigenvalue weighted by Crippen LogP contribution is -2.31. The minimum absolute atomic E-state index is 0.105. The number of rotatable bonds is 6. The number of ether oxygens (including phenoxy) is 1. The molecule has 0 aliphatic carbocycles. The summed E-state index contributed by atoms with van der Waals surface area (Å²) < 4.78 is 5.45. The van der Waals surface area contributed by atoms with Gasteiger partial charge in [0.05, 0.1) is 5.69 Å². The molecule has 0 N–H and O–H groups in total. The van der Waals surface area contributed by atoms with Crippen molar-refractivity contribution >= 4 is 11.9 Å². The molecule has 0 radical (unpaired) electrons. The molecule has 0 spiro atoms. The van der Waals surface area contributed by atoms with Crippen molar-refractivity contribution in [2.45, 2.75) is 33.8 Å². The highest BCUT2D eigenvalue weighted by molar-refractivity contribution is 5.94. The molecule has 2 heterocycles. The van der Waals surface area contributed by atoms with Crippen LogP contribution in [0, 0.1) is 12.8 Å². The summed E-state index contributed by atoms with van der Waals surface area (Å²) in [6.07, 6.45) is -0.507. The topological polar surface area (TPSA) is 72.4 Å². The van der Waals surface area contributed by atoms with Crippen LogP contribution in [0.1, 0.15) is 59.2 Å². The van der Waals surface area contributed by atoms with E-state index in [1.54, 1.807) is 37.1 Å². The molecule has 2 aromatic heterocycles. The molecule has 0 bridgehead atoms. The van der Waals surface area contributed by atoms with Gasteiger partial charge in [0.2, 0.25) is 0 Å². The smallest absolute Gasteiger partial charge is 0.357 e. The summed E-state index contributed by atoms with van der Waals surface area (Å²) in [6.45, 7) is 8.32. The monoisotopic (exact) mass is 355 g/mol. The van der Waals surface area contributed by atoms with Crippen LogP contribution in [0.4, 0.5) is 0 Å². The van der Waals surface area contributed by atoms with Gasteiger partial charge in [-0.05, 0) is 44.0 Å². The SMILES string of the molecule is Cc1cccc([C@@H](C)OC(=O)c2cccc(C(=O)N(C)CC(C)C)n2)n1. The van der Waals surface area contributed by atoms with Gasteiger partial charge in [0.25, 0.3) is 5.91 Å². The van der Waals surface area contributed by atoms with Gasteiger partial charge >= 0.3 is 5.97 Å². The van der Waals surface area contributed by atoms with Crippen LogP contribution in [-0.2, 0) is 4.74 Å². The van der Waals surface area contributed by atoms with Crippen LogP contribution < -0.4 is 0 Å². The van der Waals surface area contributed by atoms with Gasteiger partial charge in [0.15, 0.2) is 0 Å². The standard InChI is InChI=1S/C20H25N3O3/c1-13(2)12-23(5)19(24)17-10-7-11-18(22-17)20(25)26-15(4)16-9-6-8-14(3)21-16/h6-11,13,15H,12H2,1-5H3/t15-/m1/s1. The Balaban J connectivity index is 2.11. The van der Waals surface area contributed by atoms with E-state index in [9.17, 15) is 9.59 Å². The van der Waals surface area contributed by atoms with Gasteiger partial charge in [-0.15, -0.1) is 0 Å². The number of carbonyl (C=O) groups excluding carboxylic acids is 2. The minimum atomic E-state index is -0.582. The molecule has 0 aliphatic rings. The van der Waals surface area contributed by atoms with Gasteiger partial charge in [-0.25, -0.2) is 9.78 Å². The normalized spacial score (nSPS) is 11.9. The first-order valence-electron chi connectivity index (χ1n) is 8.65. The molecule has 0 aromatic carbocycles. The minimum Gasteiger partial charge on any atom is -0.451 e. The lowest BCUT2D eigenvalue weighted by atomic mass is 10.2. The Morgan fingerprint density at radius 2 is 1.69 bits per heavy atom. The molecule has 0 aliphatic heterocycles. The summed E-state index contributed by atoms with van der Waals surface area (Å²) in [5, 5.41) is 0. The second-order valence-corrected chi connectivity index (χ2v) is 6.74. The lowest BCUT2D eigenvalue weighted by Gasteiger charge is -2.19. The number of pyridine rings is 2. The molecule has 2 aromatic rings. The van der Waals surface area contributed by atoms with Crippen molar-refractivity contribution in [3.05, 3.63) is 59.2 Å². The maximum atomic E-state index is 12.4. The van der Waals surface area contributed by atoms with E-state index in [-0.39, 0.29) is 17.3 Å². The molecule has 138 valence electrons. The van der Waals surface area contributed by atoms with E-state index in [0.717, 1.165) is 5.69 Å². The van der Waals surface area contributed by atoms with Crippen molar-refractivity contribution in [1.29, 1.82) is 0 Å². The fraction of sp³-hybridized carbons (Fsp3) is 0.400. The van der Waals surface area contributed by atoms with Crippen molar-refractivity contribution in [2.75, 3.05) is 13.6 Å². The number of hydrogen-bond donors (Lipinski definition) is 0. The Morgan fingerprint density at radius 3 is 2.35 bits per heavy atom. The number of esters is 1. The number of nitrogens with zero attached hydrogens (tertiary/aromatic N) is 3. The van der Waals surface area contributed by atoms with E-state index in [2.05, 4.69) is 9.97 Å². The second kappa shape index (κ2) is 8.56. The number of amides is 1. The molecule has 6 heteroatoms. The molecule has 1 amide bonds. The number of hydrogen-bond acceptors (Lipinski definition) is 5. The Kier molecular flexibility index (Phi) is 6.44. The molecule has 0 saturated heterocycles. The number of carbonyl (C=O) groups is 2. The molecule has 1 atom stereocenters. The van der Waals surface area contributed by atoms with E-state index in [0.29, 0.717) is 18.2 Å². The molecule has 2 rings (SSSR count). The fourth-order valence-electron chi connectivity index (χ4n) is 2.57. The van der Waals surface area contributed by atoms with Gasteiger partial charge in [0, 0.05) is 19.3 Å². The van der Waals surface area contributed by atoms with Crippen LogP contribution in [0.2, 0.25) is 0 Å². The Hall–Kier alpha value is -2.76. The first kappa shape index (κ1) is 19.6. The third kappa shape index (κ3) is 5.12. The van der Waals surface area contributed by atoms with Gasteiger partial charge in [-0.3, -0.25) is 9.78 Å². The molecule has 0 fully saturated rings. The van der Waals surface area contributed by atoms with Crippen LogP contribution in [0.25, 0.3) is 0 Å². The predicted molar refractivity (Wildman–Crippen MR) is 98.8 cm³/mol. The Bertz CT molecular complexity index is 789. The van der Waals surface area contributed by atoms with E-state index in [1.807, 2.05) is 32.9 Å². The van der Waals surface area contributed by atoms with E-state index < -0.39 is 12.1 Å². The van der Waals surface area contributed by atoms with Crippen LogP contribution in [0.3, 0.4) is 0 Å². The average molecular weight is 355 g/mol. The number of aromatic nitrogens is 2. The zero-order valence-electron chi connectivity index (χ0n) is 15.9. The van der Waals surface area contributed by atoms with Gasteiger partial charge < -0.3 is 9.64 Å². The van der Waals surface area contributed by atoms with E-state index in [4.69, 9.17) is 4.74 Å². The summed E-state index contributed by atoms with van der Waals surface area (Å²) in [5.74, 6) is -0.455. The van der Waals surface area contributed by atoms with Crippen LogP contribution in [0.5, 0.6) is 0 Å². The van der Waals surface area contributed by atoms with E-state index >= 15 is 0 Å².